The van der Waals surface area contributed by atoms with Crippen LogP contribution in [0, 0.1) is 12.7 Å². The van der Waals surface area contributed by atoms with Crippen LogP contribution >= 0.6 is 23.1 Å². The molecule has 1 amide bonds. The van der Waals surface area contributed by atoms with Crippen molar-refractivity contribution in [1.29, 1.82) is 0 Å². The highest BCUT2D eigenvalue weighted by Crippen LogP contribution is 2.27. The van der Waals surface area contributed by atoms with Gasteiger partial charge in [-0.3, -0.25) is 9.36 Å². The number of nitrogens with one attached hydrogen (secondary N) is 1. The van der Waals surface area contributed by atoms with Gasteiger partial charge in [-0.1, -0.05) is 17.8 Å². The largest absolute Gasteiger partial charge is 0.325 e. The molecule has 134 valence electrons. The van der Waals surface area contributed by atoms with Crippen molar-refractivity contribution >= 4 is 34.7 Å². The highest BCUT2D eigenvalue weighted by atomic mass is 32.2. The standard InChI is InChI=1S/C18H17FN4OS2/c1-3-8-23-17(13-9-12(2)25-10-13)21-22-18(23)26-11-16(24)20-15-6-4-14(19)5-7-15/h3-7,9-10H,1,8,11H2,2H3,(H,20,24). The normalized spacial score (nSPS) is 10.7. The van der Waals surface area contributed by atoms with E-state index in [0.29, 0.717) is 17.4 Å². The summed E-state index contributed by atoms with van der Waals surface area (Å²) in [5.41, 5.74) is 1.56. The Morgan fingerprint density at radius 1 is 1.38 bits per heavy atom. The zero-order valence-corrected chi connectivity index (χ0v) is 15.7. The number of carbonyl (C=O) groups excluding carboxylic acids is 1. The van der Waals surface area contributed by atoms with Gasteiger partial charge in [0.1, 0.15) is 5.82 Å². The Morgan fingerprint density at radius 2 is 2.15 bits per heavy atom. The number of hydrogen-bond donors (Lipinski definition) is 1. The van der Waals surface area contributed by atoms with E-state index in [1.54, 1.807) is 17.4 Å². The van der Waals surface area contributed by atoms with Gasteiger partial charge >= 0.3 is 0 Å². The fourth-order valence-electron chi connectivity index (χ4n) is 2.32. The zero-order valence-electron chi connectivity index (χ0n) is 14.1. The van der Waals surface area contributed by atoms with Gasteiger partial charge in [-0.05, 0) is 37.3 Å². The molecule has 0 atom stereocenters. The van der Waals surface area contributed by atoms with Crippen molar-refractivity contribution in [3.05, 3.63) is 59.1 Å². The van der Waals surface area contributed by atoms with Crippen molar-refractivity contribution in [3.8, 4) is 11.4 Å². The van der Waals surface area contributed by atoms with E-state index in [0.717, 1.165) is 11.4 Å². The van der Waals surface area contributed by atoms with Crippen molar-refractivity contribution in [3.63, 3.8) is 0 Å². The number of nitrogens with zero attached hydrogens (tertiary/aromatic N) is 3. The Kier molecular flexibility index (Phi) is 5.85. The molecule has 8 heteroatoms. The molecule has 0 aliphatic heterocycles. The number of rotatable bonds is 7. The van der Waals surface area contributed by atoms with Crippen LogP contribution in [0.15, 0.2) is 53.5 Å². The Balaban J connectivity index is 1.69. The topological polar surface area (TPSA) is 59.8 Å². The summed E-state index contributed by atoms with van der Waals surface area (Å²) in [4.78, 5) is 13.3. The lowest BCUT2D eigenvalue weighted by Crippen LogP contribution is -2.14. The minimum Gasteiger partial charge on any atom is -0.325 e. The molecule has 3 aromatic rings. The molecule has 0 aliphatic rings. The van der Waals surface area contributed by atoms with Crippen molar-refractivity contribution in [2.45, 2.75) is 18.6 Å². The lowest BCUT2D eigenvalue weighted by molar-refractivity contribution is -0.113. The number of thiophene rings is 1. The van der Waals surface area contributed by atoms with Crippen LogP contribution in [0.2, 0.25) is 0 Å². The number of amides is 1. The first-order valence-electron chi connectivity index (χ1n) is 7.84. The van der Waals surface area contributed by atoms with Crippen LogP contribution in [0.5, 0.6) is 0 Å². The molecule has 0 radical (unpaired) electrons. The molecule has 0 fully saturated rings. The summed E-state index contributed by atoms with van der Waals surface area (Å²) in [7, 11) is 0. The lowest BCUT2D eigenvalue weighted by Gasteiger charge is -2.07. The molecule has 2 heterocycles. The molecular weight excluding hydrogens is 371 g/mol. The predicted octanol–water partition coefficient (Wildman–Crippen LogP) is 4.37. The van der Waals surface area contributed by atoms with Crippen molar-refractivity contribution in [1.82, 2.24) is 14.8 Å². The Bertz CT molecular complexity index is 918. The summed E-state index contributed by atoms with van der Waals surface area (Å²) in [6, 6.07) is 7.71. The van der Waals surface area contributed by atoms with Gasteiger partial charge in [0.2, 0.25) is 5.91 Å². The second-order valence-electron chi connectivity index (χ2n) is 5.50. The molecule has 1 N–H and O–H groups in total. The number of benzene rings is 1. The Morgan fingerprint density at radius 3 is 2.81 bits per heavy atom. The van der Waals surface area contributed by atoms with E-state index in [4.69, 9.17) is 0 Å². The van der Waals surface area contributed by atoms with E-state index in [2.05, 4.69) is 28.2 Å². The van der Waals surface area contributed by atoms with Gasteiger partial charge in [-0.15, -0.1) is 28.1 Å². The van der Waals surface area contributed by atoms with Gasteiger partial charge < -0.3 is 5.32 Å². The maximum atomic E-state index is 12.9. The number of aromatic nitrogens is 3. The van der Waals surface area contributed by atoms with Gasteiger partial charge in [0.05, 0.1) is 5.75 Å². The summed E-state index contributed by atoms with van der Waals surface area (Å²) in [5.74, 6) is 0.402. The first kappa shape index (κ1) is 18.3. The van der Waals surface area contributed by atoms with Crippen LogP contribution in [0.1, 0.15) is 4.88 Å². The summed E-state index contributed by atoms with van der Waals surface area (Å²) in [6.45, 7) is 6.38. The van der Waals surface area contributed by atoms with E-state index < -0.39 is 0 Å². The monoisotopic (exact) mass is 388 g/mol. The Hall–Kier alpha value is -2.45. The summed E-state index contributed by atoms with van der Waals surface area (Å²) >= 11 is 2.95. The minimum atomic E-state index is -0.342. The van der Waals surface area contributed by atoms with E-state index in [9.17, 15) is 9.18 Å². The minimum absolute atomic E-state index is 0.176. The number of thioether (sulfide) groups is 1. The third-order valence-corrected chi connectivity index (χ3v) is 5.31. The number of carbonyl (C=O) groups is 1. The molecular formula is C18H17FN4OS2. The second-order valence-corrected chi connectivity index (χ2v) is 7.55. The maximum absolute atomic E-state index is 12.9. The molecule has 0 bridgehead atoms. The van der Waals surface area contributed by atoms with Crippen LogP contribution in [0.4, 0.5) is 10.1 Å². The van der Waals surface area contributed by atoms with Crippen LogP contribution in [0.3, 0.4) is 0 Å². The number of allylic oxidation sites excluding steroid dienone is 1. The molecule has 0 spiro atoms. The smallest absolute Gasteiger partial charge is 0.234 e. The molecule has 0 unspecified atom stereocenters. The van der Waals surface area contributed by atoms with Gasteiger partial charge in [0.15, 0.2) is 11.0 Å². The lowest BCUT2D eigenvalue weighted by atomic mass is 10.3. The van der Waals surface area contributed by atoms with Crippen LogP contribution in [-0.4, -0.2) is 26.4 Å². The van der Waals surface area contributed by atoms with E-state index in [-0.39, 0.29) is 17.5 Å². The average molecular weight is 388 g/mol. The van der Waals surface area contributed by atoms with Crippen LogP contribution in [-0.2, 0) is 11.3 Å². The third-order valence-electron chi connectivity index (χ3n) is 3.48. The zero-order chi connectivity index (χ0) is 18.5. The molecule has 0 saturated heterocycles. The van der Waals surface area contributed by atoms with Crippen molar-refractivity contribution < 1.29 is 9.18 Å². The maximum Gasteiger partial charge on any atom is 0.234 e. The quantitative estimate of drug-likeness (QED) is 0.482. The second kappa shape index (κ2) is 8.29. The summed E-state index contributed by atoms with van der Waals surface area (Å²) in [5, 5.41) is 13.9. The third kappa shape index (κ3) is 4.39. The van der Waals surface area contributed by atoms with E-state index in [1.807, 2.05) is 16.9 Å². The molecule has 0 aliphatic carbocycles. The SMILES string of the molecule is C=CCn1c(SCC(=O)Nc2ccc(F)cc2)nnc1-c1csc(C)c1. The van der Waals surface area contributed by atoms with Crippen molar-refractivity contribution in [2.75, 3.05) is 11.1 Å². The summed E-state index contributed by atoms with van der Waals surface area (Å²) in [6.07, 6.45) is 1.77. The molecule has 5 nitrogen and oxygen atoms in total. The number of anilines is 1. The van der Waals surface area contributed by atoms with Crippen molar-refractivity contribution in [2.24, 2.45) is 0 Å². The summed E-state index contributed by atoms with van der Waals surface area (Å²) < 4.78 is 14.8. The highest BCUT2D eigenvalue weighted by molar-refractivity contribution is 7.99. The van der Waals surface area contributed by atoms with Gasteiger partial charge in [-0.2, -0.15) is 0 Å². The molecule has 1 aromatic carbocycles. The average Bonchev–Trinajstić information content (AvgIpc) is 3.22. The molecule has 26 heavy (non-hydrogen) atoms. The fraction of sp³-hybridized carbons (Fsp3) is 0.167. The van der Waals surface area contributed by atoms with Crippen LogP contribution < -0.4 is 5.32 Å². The number of aryl methyl sites for hydroxylation is 1. The van der Waals surface area contributed by atoms with Crippen LogP contribution in [0.25, 0.3) is 11.4 Å². The van der Waals surface area contributed by atoms with E-state index >= 15 is 0 Å². The molecule has 0 saturated carbocycles. The predicted molar refractivity (Wildman–Crippen MR) is 104 cm³/mol. The fourth-order valence-corrected chi connectivity index (χ4v) is 3.75. The van der Waals surface area contributed by atoms with E-state index in [1.165, 1.54) is 40.9 Å². The Labute approximate surface area is 159 Å². The highest BCUT2D eigenvalue weighted by Gasteiger charge is 2.15. The number of hydrogen-bond acceptors (Lipinski definition) is 5. The molecule has 2 aromatic heterocycles. The van der Waals surface area contributed by atoms with Gasteiger partial charge in [-0.25, -0.2) is 4.39 Å². The first-order valence-corrected chi connectivity index (χ1v) is 9.71. The van der Waals surface area contributed by atoms with Gasteiger partial charge in [0, 0.05) is 28.1 Å². The molecule has 3 rings (SSSR count). The first-order chi connectivity index (χ1) is 12.6. The van der Waals surface area contributed by atoms with Gasteiger partial charge in [0.25, 0.3) is 0 Å². The number of halogens is 1.